The van der Waals surface area contributed by atoms with Crippen LogP contribution in [0.4, 0.5) is 0 Å². The molecule has 0 radical (unpaired) electrons. The van der Waals surface area contributed by atoms with Gasteiger partial charge in [0.15, 0.2) is 0 Å². The third-order valence-electron chi connectivity index (χ3n) is 5.34. The van der Waals surface area contributed by atoms with Crippen molar-refractivity contribution in [2.24, 2.45) is 23.7 Å². The second kappa shape index (κ2) is 5.93. The Kier molecular flexibility index (Phi) is 4.25. The molecule has 0 amide bonds. The summed E-state index contributed by atoms with van der Waals surface area (Å²) in [4.78, 5) is 24.9. The van der Waals surface area contributed by atoms with Crippen molar-refractivity contribution in [2.75, 3.05) is 13.2 Å². The molecule has 3 rings (SSSR count). The van der Waals surface area contributed by atoms with Crippen LogP contribution in [0.3, 0.4) is 0 Å². The van der Waals surface area contributed by atoms with Gasteiger partial charge in [-0.25, -0.2) is 4.79 Å². The van der Waals surface area contributed by atoms with Gasteiger partial charge in [-0.3, -0.25) is 4.79 Å². The van der Waals surface area contributed by atoms with Crippen molar-refractivity contribution >= 4 is 11.9 Å². The molecule has 0 N–H and O–H groups in total. The van der Waals surface area contributed by atoms with Crippen LogP contribution in [-0.4, -0.2) is 36.9 Å². The number of carbonyl (C=O) groups excluding carboxylic acids is 2. The van der Waals surface area contributed by atoms with Crippen LogP contribution in [0.2, 0.25) is 0 Å². The average Bonchev–Trinajstić information content (AvgIpc) is 3.23. The van der Waals surface area contributed by atoms with Crippen LogP contribution in [0.1, 0.15) is 40.5 Å². The van der Waals surface area contributed by atoms with Crippen LogP contribution < -0.4 is 0 Å². The Morgan fingerprint density at radius 3 is 2.61 bits per heavy atom. The lowest BCUT2D eigenvalue weighted by atomic mass is 9.63. The summed E-state index contributed by atoms with van der Waals surface area (Å²) in [5.41, 5.74) is 0.101. The second-order valence-electron chi connectivity index (χ2n) is 7.61. The molecular weight excluding hydrogens is 296 g/mol. The Hall–Kier alpha value is -1.36. The van der Waals surface area contributed by atoms with Crippen LogP contribution >= 0.6 is 0 Å². The molecule has 5 heteroatoms. The Labute approximate surface area is 137 Å². The summed E-state index contributed by atoms with van der Waals surface area (Å²) in [6.07, 6.45) is 3.65. The van der Waals surface area contributed by atoms with Crippen LogP contribution in [0.5, 0.6) is 0 Å². The fraction of sp³-hybridized carbons (Fsp3) is 0.778. The molecule has 0 aromatic heterocycles. The standard InChI is InChI=1S/C18H26O5/c1-10(2)13-5-6-18(9-22-18)15-14(13)7-12(8-21-17(15)20)16(19)23-11(3)4/h7,10-11,13-15H,5-6,8-9H2,1-4H3/t13-,14+,15-,18-/m1/s1. The first-order valence-corrected chi connectivity index (χ1v) is 8.56. The summed E-state index contributed by atoms with van der Waals surface area (Å²) in [7, 11) is 0. The van der Waals surface area contributed by atoms with Gasteiger partial charge in [-0.2, -0.15) is 0 Å². The lowest BCUT2D eigenvalue weighted by Gasteiger charge is -2.40. The highest BCUT2D eigenvalue weighted by atomic mass is 16.6. The fourth-order valence-corrected chi connectivity index (χ4v) is 4.08. The molecule has 1 spiro atoms. The Morgan fingerprint density at radius 2 is 2.04 bits per heavy atom. The highest BCUT2D eigenvalue weighted by Crippen LogP contribution is 2.54. The van der Waals surface area contributed by atoms with E-state index in [9.17, 15) is 9.59 Å². The SMILES string of the molecule is CC(C)OC(=O)C1=C[C@H]2[C@@H](C(C)C)CC[C@@]3(CO3)[C@H]2C(=O)OC1. The predicted molar refractivity (Wildman–Crippen MR) is 83.5 cm³/mol. The smallest absolute Gasteiger partial charge is 0.337 e. The Morgan fingerprint density at radius 1 is 1.35 bits per heavy atom. The number of ether oxygens (including phenoxy) is 3. The highest BCUT2D eigenvalue weighted by molar-refractivity contribution is 5.90. The molecule has 2 fully saturated rings. The molecule has 128 valence electrons. The summed E-state index contributed by atoms with van der Waals surface area (Å²) < 4.78 is 16.4. The van der Waals surface area contributed by atoms with E-state index in [-0.39, 0.29) is 42.1 Å². The molecule has 5 nitrogen and oxygen atoms in total. The number of hydrogen-bond donors (Lipinski definition) is 0. The minimum Gasteiger partial charge on any atom is -0.460 e. The molecule has 0 unspecified atom stereocenters. The van der Waals surface area contributed by atoms with Gasteiger partial charge in [0.1, 0.15) is 12.2 Å². The molecule has 2 aliphatic heterocycles. The number of fused-ring (bicyclic) bond motifs is 2. The molecule has 3 aliphatic rings. The van der Waals surface area contributed by atoms with E-state index in [1.807, 2.05) is 19.9 Å². The average molecular weight is 322 g/mol. The maximum Gasteiger partial charge on any atom is 0.337 e. The third-order valence-corrected chi connectivity index (χ3v) is 5.34. The predicted octanol–water partition coefficient (Wildman–Crippen LogP) is 2.49. The van der Waals surface area contributed by atoms with Crippen molar-refractivity contribution in [3.05, 3.63) is 11.6 Å². The number of esters is 2. The number of epoxide rings is 1. The second-order valence-corrected chi connectivity index (χ2v) is 7.61. The molecular formula is C18H26O5. The number of carbonyl (C=O) groups is 2. The first kappa shape index (κ1) is 16.5. The molecule has 0 aromatic carbocycles. The van der Waals surface area contributed by atoms with Crippen LogP contribution in [0, 0.1) is 23.7 Å². The van der Waals surface area contributed by atoms with Gasteiger partial charge >= 0.3 is 11.9 Å². The Balaban J connectivity index is 1.93. The van der Waals surface area contributed by atoms with Crippen LogP contribution in [-0.2, 0) is 23.8 Å². The van der Waals surface area contributed by atoms with Gasteiger partial charge in [-0.05, 0) is 44.4 Å². The summed E-state index contributed by atoms with van der Waals surface area (Å²) in [6.45, 7) is 8.59. The summed E-state index contributed by atoms with van der Waals surface area (Å²) >= 11 is 0. The summed E-state index contributed by atoms with van der Waals surface area (Å²) in [5, 5.41) is 0. The summed E-state index contributed by atoms with van der Waals surface area (Å²) in [6, 6.07) is 0. The van der Waals surface area contributed by atoms with Gasteiger partial charge in [0, 0.05) is 0 Å². The van der Waals surface area contributed by atoms with E-state index < -0.39 is 0 Å². The van der Waals surface area contributed by atoms with Gasteiger partial charge < -0.3 is 14.2 Å². The normalized spacial score (nSPS) is 36.3. The first-order chi connectivity index (χ1) is 10.8. The summed E-state index contributed by atoms with van der Waals surface area (Å²) in [5.74, 6) is -0.150. The van der Waals surface area contributed by atoms with E-state index in [0.717, 1.165) is 12.8 Å². The minimum atomic E-state index is -0.382. The monoisotopic (exact) mass is 322 g/mol. The van der Waals surface area contributed by atoms with E-state index in [1.54, 1.807) is 0 Å². The topological polar surface area (TPSA) is 65.1 Å². The van der Waals surface area contributed by atoms with Crippen molar-refractivity contribution in [1.29, 1.82) is 0 Å². The van der Waals surface area contributed by atoms with Crippen LogP contribution in [0.15, 0.2) is 11.6 Å². The molecule has 0 aromatic rings. The molecule has 23 heavy (non-hydrogen) atoms. The van der Waals surface area contributed by atoms with Gasteiger partial charge in [-0.15, -0.1) is 0 Å². The first-order valence-electron chi connectivity index (χ1n) is 8.56. The van der Waals surface area contributed by atoms with Crippen LogP contribution in [0.25, 0.3) is 0 Å². The quantitative estimate of drug-likeness (QED) is 0.590. The zero-order valence-electron chi connectivity index (χ0n) is 14.3. The van der Waals surface area contributed by atoms with E-state index >= 15 is 0 Å². The molecule has 4 atom stereocenters. The van der Waals surface area contributed by atoms with E-state index in [0.29, 0.717) is 24.0 Å². The van der Waals surface area contributed by atoms with Gasteiger partial charge in [0.25, 0.3) is 0 Å². The number of cyclic esters (lactones) is 1. The lowest BCUT2D eigenvalue weighted by Crippen LogP contribution is -2.45. The van der Waals surface area contributed by atoms with Gasteiger partial charge in [-0.1, -0.05) is 19.9 Å². The zero-order chi connectivity index (χ0) is 16.8. The van der Waals surface area contributed by atoms with Crippen molar-refractivity contribution in [3.8, 4) is 0 Å². The number of rotatable bonds is 3. The minimum absolute atomic E-state index is 0.00170. The molecule has 2 heterocycles. The highest BCUT2D eigenvalue weighted by Gasteiger charge is 2.62. The van der Waals surface area contributed by atoms with Crippen molar-refractivity contribution < 1.29 is 23.8 Å². The largest absolute Gasteiger partial charge is 0.460 e. The van der Waals surface area contributed by atoms with Gasteiger partial charge in [0.05, 0.1) is 24.2 Å². The van der Waals surface area contributed by atoms with E-state index in [1.165, 1.54) is 0 Å². The van der Waals surface area contributed by atoms with Crippen molar-refractivity contribution in [1.82, 2.24) is 0 Å². The Bertz CT molecular complexity index is 530. The van der Waals surface area contributed by atoms with Crippen molar-refractivity contribution in [3.63, 3.8) is 0 Å². The molecule has 1 aliphatic carbocycles. The lowest BCUT2D eigenvalue weighted by molar-refractivity contribution is -0.154. The van der Waals surface area contributed by atoms with Gasteiger partial charge in [0.2, 0.25) is 0 Å². The zero-order valence-corrected chi connectivity index (χ0v) is 14.3. The molecule has 1 saturated carbocycles. The fourth-order valence-electron chi connectivity index (χ4n) is 4.08. The third kappa shape index (κ3) is 3.03. The van der Waals surface area contributed by atoms with Crippen molar-refractivity contribution in [2.45, 2.75) is 52.2 Å². The molecule has 1 saturated heterocycles. The van der Waals surface area contributed by atoms with E-state index in [2.05, 4.69) is 13.8 Å². The molecule has 0 bridgehead atoms. The van der Waals surface area contributed by atoms with E-state index in [4.69, 9.17) is 14.2 Å². The number of allylic oxidation sites excluding steroid dienone is 1. The number of hydrogen-bond acceptors (Lipinski definition) is 5. The maximum atomic E-state index is 12.6. The maximum absolute atomic E-state index is 12.6.